The molecule has 0 saturated carbocycles. The van der Waals surface area contributed by atoms with Crippen LogP contribution < -0.4 is 5.32 Å². The summed E-state index contributed by atoms with van der Waals surface area (Å²) in [6.45, 7) is 20.5. The number of nitrogens with one attached hydrogen (secondary N) is 1. The minimum Gasteiger partial charge on any atom is -0.478 e. The number of hydrogen-bond donors (Lipinski definition) is 2. The van der Waals surface area contributed by atoms with Crippen molar-refractivity contribution in [3.63, 3.8) is 0 Å². The van der Waals surface area contributed by atoms with E-state index in [9.17, 15) is 33.9 Å². The molecule has 0 aliphatic rings. The second kappa shape index (κ2) is 18.8. The highest BCUT2D eigenvalue weighted by molar-refractivity contribution is 5.92. The van der Waals surface area contributed by atoms with Crippen LogP contribution in [-0.2, 0) is 43.0 Å². The first-order chi connectivity index (χ1) is 21.0. The number of carboxylic acids is 1. The summed E-state index contributed by atoms with van der Waals surface area (Å²) >= 11 is 0. The molecule has 0 saturated heterocycles. The molecule has 0 aromatic carbocycles. The van der Waals surface area contributed by atoms with Crippen molar-refractivity contribution in [1.29, 1.82) is 0 Å². The zero-order valence-electron chi connectivity index (χ0n) is 30.4. The van der Waals surface area contributed by atoms with E-state index in [-0.39, 0.29) is 5.92 Å². The van der Waals surface area contributed by atoms with Gasteiger partial charge in [-0.1, -0.05) is 83.1 Å². The fraction of sp³-hybridized carbons (Fsp3) is 0.818. The highest BCUT2D eigenvalue weighted by atomic mass is 16.6. The van der Waals surface area contributed by atoms with Crippen molar-refractivity contribution in [2.45, 2.75) is 120 Å². The predicted octanol–water partition coefficient (Wildman–Crippen LogP) is 2.98. The van der Waals surface area contributed by atoms with E-state index in [4.69, 9.17) is 14.2 Å². The maximum Gasteiger partial charge on any atom is 0.345 e. The third-order valence-electron chi connectivity index (χ3n) is 7.78. The van der Waals surface area contributed by atoms with Crippen LogP contribution in [0.5, 0.6) is 0 Å². The minimum atomic E-state index is -1.40. The number of hydrogen-bond acceptors (Lipinski definition) is 10. The number of likely N-dealkylation sites (N-methyl/N-ethyl adjacent to an activating group) is 3. The van der Waals surface area contributed by atoms with Gasteiger partial charge in [0.2, 0.25) is 6.10 Å². The van der Waals surface area contributed by atoms with Crippen molar-refractivity contribution < 1.29 is 48.1 Å². The average molecular weight is 658 g/mol. The molecule has 2 N–H and O–H groups in total. The molecule has 0 bridgehead atoms. The highest BCUT2D eigenvalue weighted by Gasteiger charge is 2.43. The van der Waals surface area contributed by atoms with Gasteiger partial charge in [0.1, 0.15) is 18.1 Å². The molecule has 266 valence electrons. The molecule has 0 heterocycles. The van der Waals surface area contributed by atoms with Crippen LogP contribution in [0.2, 0.25) is 0 Å². The van der Waals surface area contributed by atoms with Crippen LogP contribution in [0.25, 0.3) is 0 Å². The molecule has 2 amide bonds. The number of nitrogens with zero attached hydrogens (tertiary/aromatic N) is 2. The highest BCUT2D eigenvalue weighted by Crippen LogP contribution is 2.23. The van der Waals surface area contributed by atoms with Crippen molar-refractivity contribution in [2.75, 3.05) is 21.1 Å². The fourth-order valence-corrected chi connectivity index (χ4v) is 5.16. The Kier molecular flexibility index (Phi) is 17.5. The molecule has 13 heteroatoms. The lowest BCUT2D eigenvalue weighted by atomic mass is 9.98. The van der Waals surface area contributed by atoms with Crippen LogP contribution in [0.15, 0.2) is 0 Å². The van der Waals surface area contributed by atoms with Crippen LogP contribution >= 0.6 is 0 Å². The van der Waals surface area contributed by atoms with E-state index in [1.807, 2.05) is 13.8 Å². The molecule has 0 aliphatic heterocycles. The molecule has 46 heavy (non-hydrogen) atoms. The Morgan fingerprint density at radius 2 is 0.804 bits per heavy atom. The van der Waals surface area contributed by atoms with Crippen LogP contribution in [0.3, 0.4) is 0 Å². The quantitative estimate of drug-likeness (QED) is 0.164. The Hall–Kier alpha value is -3.22. The Morgan fingerprint density at radius 1 is 0.500 bits per heavy atom. The lowest BCUT2D eigenvalue weighted by Gasteiger charge is -2.36. The van der Waals surface area contributed by atoms with Gasteiger partial charge in [-0.15, -0.1) is 0 Å². The molecular formula is C33H59N3O10. The lowest BCUT2D eigenvalue weighted by Crippen LogP contribution is -2.56. The Labute approximate surface area is 275 Å². The Balaban J connectivity index is 6.24. The van der Waals surface area contributed by atoms with Gasteiger partial charge in [-0.25, -0.2) is 14.4 Å². The average Bonchev–Trinajstić information content (AvgIpc) is 2.91. The molecule has 6 atom stereocenters. The maximum absolute atomic E-state index is 13.8. The summed E-state index contributed by atoms with van der Waals surface area (Å²) in [7, 11) is 4.42. The SMILES string of the molecule is CN[C@H](C(=O)O[C@@H](C(=O)N(C)[C@H](C(=O)O[C@@H](C(=O)N(C)[C@H](C(=O)O[C@@H](C(=O)O)C(C)C)C(C)C)C(C)C)C(C)C)C(C)C)C(C)C. The summed E-state index contributed by atoms with van der Waals surface area (Å²) in [5, 5.41) is 12.4. The summed E-state index contributed by atoms with van der Waals surface area (Å²) < 4.78 is 16.7. The van der Waals surface area contributed by atoms with Gasteiger partial charge in [-0.3, -0.25) is 14.4 Å². The van der Waals surface area contributed by atoms with Crippen LogP contribution in [0.4, 0.5) is 0 Å². The zero-order chi connectivity index (χ0) is 36.4. The Morgan fingerprint density at radius 3 is 1.04 bits per heavy atom. The lowest BCUT2D eigenvalue weighted by molar-refractivity contribution is -0.178. The topological polar surface area (TPSA) is 169 Å². The summed E-state index contributed by atoms with van der Waals surface area (Å²) in [5.74, 6) is -7.36. The van der Waals surface area contributed by atoms with E-state index in [1.165, 1.54) is 19.0 Å². The van der Waals surface area contributed by atoms with Gasteiger partial charge in [0.25, 0.3) is 11.8 Å². The van der Waals surface area contributed by atoms with E-state index in [0.29, 0.717) is 0 Å². The minimum absolute atomic E-state index is 0.0916. The van der Waals surface area contributed by atoms with Gasteiger partial charge in [0.05, 0.1) is 0 Å². The van der Waals surface area contributed by atoms with Crippen molar-refractivity contribution in [1.82, 2.24) is 15.1 Å². The number of carbonyl (C=O) groups is 6. The normalized spacial score (nSPS) is 15.8. The van der Waals surface area contributed by atoms with Gasteiger partial charge >= 0.3 is 23.9 Å². The summed E-state index contributed by atoms with van der Waals surface area (Å²) in [6, 6.07) is -2.93. The molecule has 0 radical (unpaired) electrons. The predicted molar refractivity (Wildman–Crippen MR) is 172 cm³/mol. The summed E-state index contributed by atoms with van der Waals surface area (Å²) in [5.41, 5.74) is 0. The second-order valence-corrected chi connectivity index (χ2v) is 13.9. The first-order valence-corrected chi connectivity index (χ1v) is 16.1. The van der Waals surface area contributed by atoms with Gasteiger partial charge in [0, 0.05) is 20.0 Å². The molecular weight excluding hydrogens is 598 g/mol. The number of esters is 3. The zero-order valence-corrected chi connectivity index (χ0v) is 30.4. The molecule has 0 unspecified atom stereocenters. The first kappa shape index (κ1) is 42.8. The van der Waals surface area contributed by atoms with Crippen LogP contribution in [-0.4, -0.2) is 108 Å². The number of rotatable bonds is 18. The molecule has 0 aromatic heterocycles. The molecule has 0 rings (SSSR count). The standard InChI is InChI=1S/C33H59N3O10/c1-16(2)22(34-13)31(41)44-25(19(7)8)28(37)35(14)23(17(3)4)32(42)45-26(20(9)10)29(38)36(15)24(18(5)6)33(43)46-27(21(11)12)30(39)40/h16-27,34H,1-15H3,(H,39,40)/t22-,23-,24-,25+,26+,27+/m0/s1. The number of carbonyl (C=O) groups excluding carboxylic acids is 5. The summed E-state index contributed by atoms with van der Waals surface area (Å²) in [6.07, 6.45) is -3.91. The number of amides is 2. The smallest absolute Gasteiger partial charge is 0.345 e. The van der Waals surface area contributed by atoms with E-state index in [2.05, 4.69) is 5.32 Å². The van der Waals surface area contributed by atoms with Crippen molar-refractivity contribution in [2.24, 2.45) is 35.5 Å². The van der Waals surface area contributed by atoms with E-state index in [0.717, 1.165) is 4.90 Å². The molecule has 0 fully saturated rings. The molecule has 13 nitrogen and oxygen atoms in total. The van der Waals surface area contributed by atoms with E-state index < -0.39 is 102 Å². The first-order valence-electron chi connectivity index (χ1n) is 16.1. The fourth-order valence-electron chi connectivity index (χ4n) is 5.16. The van der Waals surface area contributed by atoms with Gasteiger partial charge in [-0.2, -0.15) is 0 Å². The maximum atomic E-state index is 13.8. The van der Waals surface area contributed by atoms with Crippen LogP contribution in [0, 0.1) is 35.5 Å². The molecule has 0 aliphatic carbocycles. The van der Waals surface area contributed by atoms with Gasteiger partial charge in [0.15, 0.2) is 12.2 Å². The Bertz CT molecular complexity index is 1060. The van der Waals surface area contributed by atoms with Crippen molar-refractivity contribution >= 4 is 35.7 Å². The largest absolute Gasteiger partial charge is 0.478 e. The number of aliphatic carboxylic acids is 1. The monoisotopic (exact) mass is 657 g/mol. The number of carboxylic acid groups (broad SMARTS) is 1. The van der Waals surface area contributed by atoms with Crippen LogP contribution in [0.1, 0.15) is 83.1 Å². The van der Waals surface area contributed by atoms with Crippen molar-refractivity contribution in [3.8, 4) is 0 Å². The second-order valence-electron chi connectivity index (χ2n) is 13.9. The van der Waals surface area contributed by atoms with Gasteiger partial charge in [-0.05, 0) is 36.6 Å². The molecule has 0 spiro atoms. The van der Waals surface area contributed by atoms with Gasteiger partial charge < -0.3 is 34.4 Å². The third kappa shape index (κ3) is 11.5. The van der Waals surface area contributed by atoms with E-state index in [1.54, 1.807) is 76.3 Å². The van der Waals surface area contributed by atoms with E-state index >= 15 is 0 Å². The third-order valence-corrected chi connectivity index (χ3v) is 7.78. The number of ether oxygens (including phenoxy) is 3. The summed E-state index contributed by atoms with van der Waals surface area (Å²) in [4.78, 5) is 81.1. The van der Waals surface area contributed by atoms with Crippen molar-refractivity contribution in [3.05, 3.63) is 0 Å². The molecule has 0 aromatic rings.